The normalized spacial score (nSPS) is 20.1. The first-order valence-electron chi connectivity index (χ1n) is 11.3. The van der Waals surface area contributed by atoms with Crippen molar-refractivity contribution < 1.29 is 14.0 Å². The smallest absolute Gasteiger partial charge is 0.251 e. The molecule has 3 aromatic carbocycles. The fraction of sp³-hybridized carbons (Fsp3) is 0.259. The number of piperazine rings is 1. The number of hydrogen-bond donors (Lipinski definition) is 0. The molecule has 0 aromatic heterocycles. The van der Waals surface area contributed by atoms with Gasteiger partial charge in [-0.2, -0.15) is 0 Å². The molecule has 2 aliphatic heterocycles. The zero-order valence-electron chi connectivity index (χ0n) is 18.3. The first-order valence-corrected chi connectivity index (χ1v) is 11.3. The van der Waals surface area contributed by atoms with Crippen molar-refractivity contribution in [1.82, 2.24) is 9.80 Å². The van der Waals surface area contributed by atoms with Crippen LogP contribution >= 0.6 is 0 Å². The lowest BCUT2D eigenvalue weighted by atomic mass is 9.96. The maximum Gasteiger partial charge on any atom is 0.251 e. The van der Waals surface area contributed by atoms with E-state index in [2.05, 4.69) is 58.3 Å². The van der Waals surface area contributed by atoms with Crippen LogP contribution in [0.1, 0.15) is 23.6 Å². The van der Waals surface area contributed by atoms with Crippen LogP contribution in [0.3, 0.4) is 0 Å². The van der Waals surface area contributed by atoms with Crippen molar-refractivity contribution in [1.29, 1.82) is 0 Å². The Morgan fingerprint density at radius 2 is 1.27 bits per heavy atom. The van der Waals surface area contributed by atoms with E-state index in [1.807, 2.05) is 12.1 Å². The Morgan fingerprint density at radius 1 is 0.727 bits per heavy atom. The second-order valence-corrected chi connectivity index (χ2v) is 8.53. The van der Waals surface area contributed by atoms with Crippen molar-refractivity contribution in [2.24, 2.45) is 0 Å². The highest BCUT2D eigenvalue weighted by Crippen LogP contribution is 2.32. The highest BCUT2D eigenvalue weighted by atomic mass is 19.1. The Labute approximate surface area is 193 Å². The molecule has 1 atom stereocenters. The molecule has 168 valence electrons. The summed E-state index contributed by atoms with van der Waals surface area (Å²) >= 11 is 0. The van der Waals surface area contributed by atoms with Crippen LogP contribution in [0.25, 0.3) is 0 Å². The van der Waals surface area contributed by atoms with E-state index >= 15 is 0 Å². The molecular formula is C27H26FN3O2. The van der Waals surface area contributed by atoms with Crippen molar-refractivity contribution in [3.63, 3.8) is 0 Å². The maximum atomic E-state index is 14.3. The summed E-state index contributed by atoms with van der Waals surface area (Å²) in [6.45, 7) is 2.88. The monoisotopic (exact) mass is 443 g/mol. The van der Waals surface area contributed by atoms with Crippen LogP contribution in [0, 0.1) is 5.82 Å². The summed E-state index contributed by atoms with van der Waals surface area (Å²) in [4.78, 5) is 31.3. The predicted octanol–water partition coefficient (Wildman–Crippen LogP) is 3.86. The van der Waals surface area contributed by atoms with Gasteiger partial charge < -0.3 is 0 Å². The average Bonchev–Trinajstić information content (AvgIpc) is 3.15. The topological polar surface area (TPSA) is 43.9 Å². The van der Waals surface area contributed by atoms with Gasteiger partial charge in [0.1, 0.15) is 5.82 Å². The van der Waals surface area contributed by atoms with Gasteiger partial charge in [0.05, 0.1) is 24.2 Å². The molecule has 6 heteroatoms. The Balaban J connectivity index is 1.32. The van der Waals surface area contributed by atoms with Crippen molar-refractivity contribution >= 4 is 17.5 Å². The minimum atomic E-state index is -0.557. The number of rotatable bonds is 5. The minimum absolute atomic E-state index is 0.0434. The molecule has 0 aliphatic carbocycles. The van der Waals surface area contributed by atoms with E-state index in [0.29, 0.717) is 13.1 Å². The summed E-state index contributed by atoms with van der Waals surface area (Å²) in [5.41, 5.74) is 2.51. The molecule has 2 saturated heterocycles. The summed E-state index contributed by atoms with van der Waals surface area (Å²) in [7, 11) is 0. The van der Waals surface area contributed by atoms with Crippen molar-refractivity contribution in [2.75, 3.05) is 31.1 Å². The van der Waals surface area contributed by atoms with E-state index in [0.717, 1.165) is 18.0 Å². The SMILES string of the molecule is O=C1CC(N2CCN(C(c3ccccc3)c3ccccc3)CC2)C(=O)N1c1ccccc1F. The van der Waals surface area contributed by atoms with E-state index in [-0.39, 0.29) is 30.0 Å². The van der Waals surface area contributed by atoms with E-state index < -0.39 is 11.9 Å². The van der Waals surface area contributed by atoms with Crippen LogP contribution in [0.5, 0.6) is 0 Å². The van der Waals surface area contributed by atoms with E-state index in [1.54, 1.807) is 12.1 Å². The Hall–Kier alpha value is -3.35. The predicted molar refractivity (Wildman–Crippen MR) is 125 cm³/mol. The molecule has 3 aromatic rings. The summed E-state index contributed by atoms with van der Waals surface area (Å²) in [6, 6.07) is 26.4. The van der Waals surface area contributed by atoms with Gasteiger partial charge >= 0.3 is 0 Å². The second-order valence-electron chi connectivity index (χ2n) is 8.53. The van der Waals surface area contributed by atoms with Gasteiger partial charge in [0, 0.05) is 26.2 Å². The lowest BCUT2D eigenvalue weighted by Crippen LogP contribution is -2.53. The van der Waals surface area contributed by atoms with Crippen LogP contribution in [0.2, 0.25) is 0 Å². The quantitative estimate of drug-likeness (QED) is 0.562. The molecule has 2 amide bonds. The van der Waals surface area contributed by atoms with Gasteiger partial charge in [-0.05, 0) is 23.3 Å². The molecule has 0 bridgehead atoms. The fourth-order valence-electron chi connectivity index (χ4n) is 4.98. The first-order chi connectivity index (χ1) is 16.1. The number of imide groups is 1. The Bertz CT molecular complexity index is 1090. The molecule has 2 heterocycles. The molecule has 0 N–H and O–H groups in total. The average molecular weight is 444 g/mol. The van der Waals surface area contributed by atoms with E-state index in [4.69, 9.17) is 0 Å². The summed E-state index contributed by atoms with van der Waals surface area (Å²) < 4.78 is 14.3. The zero-order chi connectivity index (χ0) is 22.8. The molecule has 0 saturated carbocycles. The molecule has 1 unspecified atom stereocenters. The number of carbonyl (C=O) groups is 2. The Kier molecular flexibility index (Phi) is 6.03. The lowest BCUT2D eigenvalue weighted by molar-refractivity contribution is -0.123. The van der Waals surface area contributed by atoms with Gasteiger partial charge in [0.15, 0.2) is 0 Å². The molecule has 5 nitrogen and oxygen atoms in total. The standard InChI is InChI=1S/C27H26FN3O2/c28-22-13-7-8-14-23(22)31-25(32)19-24(27(31)33)29-15-17-30(18-16-29)26(20-9-3-1-4-10-20)21-11-5-2-6-12-21/h1-14,24,26H,15-19H2. The third-order valence-electron chi connectivity index (χ3n) is 6.60. The third-order valence-corrected chi connectivity index (χ3v) is 6.60. The molecule has 2 fully saturated rings. The molecule has 33 heavy (non-hydrogen) atoms. The highest BCUT2D eigenvalue weighted by Gasteiger charge is 2.44. The number of carbonyl (C=O) groups excluding carboxylic acids is 2. The second kappa shape index (κ2) is 9.25. The highest BCUT2D eigenvalue weighted by molar-refractivity contribution is 6.22. The third kappa shape index (κ3) is 4.19. The zero-order valence-corrected chi connectivity index (χ0v) is 18.3. The maximum absolute atomic E-state index is 14.3. The van der Waals surface area contributed by atoms with Crippen LogP contribution in [-0.4, -0.2) is 53.8 Å². The lowest BCUT2D eigenvalue weighted by Gasteiger charge is -2.41. The van der Waals surface area contributed by atoms with Gasteiger partial charge in [-0.25, -0.2) is 9.29 Å². The van der Waals surface area contributed by atoms with Crippen LogP contribution in [0.4, 0.5) is 10.1 Å². The number of nitrogens with zero attached hydrogens (tertiary/aromatic N) is 3. The number of anilines is 1. The van der Waals surface area contributed by atoms with E-state index in [9.17, 15) is 14.0 Å². The summed E-state index contributed by atoms with van der Waals surface area (Å²) in [6.07, 6.45) is 0.0912. The van der Waals surface area contributed by atoms with Crippen LogP contribution < -0.4 is 4.90 Å². The fourth-order valence-corrected chi connectivity index (χ4v) is 4.98. The summed E-state index contributed by atoms with van der Waals surface area (Å²) in [5, 5.41) is 0. The van der Waals surface area contributed by atoms with Crippen molar-refractivity contribution in [3.05, 3.63) is 102 Å². The number of halogens is 1. The van der Waals surface area contributed by atoms with Crippen LogP contribution in [-0.2, 0) is 9.59 Å². The number of amides is 2. The van der Waals surface area contributed by atoms with Crippen LogP contribution in [0.15, 0.2) is 84.9 Å². The minimum Gasteiger partial charge on any atom is -0.290 e. The summed E-state index contributed by atoms with van der Waals surface area (Å²) in [5.74, 6) is -1.23. The van der Waals surface area contributed by atoms with Gasteiger partial charge in [-0.3, -0.25) is 19.4 Å². The molecule has 0 spiro atoms. The van der Waals surface area contributed by atoms with Gasteiger partial charge in [-0.1, -0.05) is 72.8 Å². The van der Waals surface area contributed by atoms with Gasteiger partial charge in [0.2, 0.25) is 5.91 Å². The van der Waals surface area contributed by atoms with Gasteiger partial charge in [-0.15, -0.1) is 0 Å². The number of benzene rings is 3. The molecule has 2 aliphatic rings. The molecule has 0 radical (unpaired) electrons. The molecule has 5 rings (SSSR count). The molecular weight excluding hydrogens is 417 g/mol. The first kappa shape index (κ1) is 21.5. The van der Waals surface area contributed by atoms with Gasteiger partial charge in [0.25, 0.3) is 5.91 Å². The van der Waals surface area contributed by atoms with Crippen molar-refractivity contribution in [2.45, 2.75) is 18.5 Å². The van der Waals surface area contributed by atoms with Crippen molar-refractivity contribution in [3.8, 4) is 0 Å². The number of hydrogen-bond acceptors (Lipinski definition) is 4. The number of para-hydroxylation sites is 1. The van der Waals surface area contributed by atoms with E-state index in [1.165, 1.54) is 23.3 Å². The largest absolute Gasteiger partial charge is 0.290 e. The Morgan fingerprint density at radius 3 is 1.85 bits per heavy atom.